The monoisotopic (exact) mass is 264 g/mol. The Hall–Kier alpha value is -2.68. The highest BCUT2D eigenvalue weighted by molar-refractivity contribution is 5.76. The van der Waals surface area contributed by atoms with Gasteiger partial charge in [-0.25, -0.2) is 0 Å². The van der Waals surface area contributed by atoms with E-state index in [1.165, 1.54) is 6.26 Å². The zero-order chi connectivity index (χ0) is 13.9. The molecule has 0 fully saturated rings. The molecule has 3 heteroatoms. The fourth-order valence-corrected chi connectivity index (χ4v) is 2.37. The first-order valence-corrected chi connectivity index (χ1v) is 6.49. The first kappa shape index (κ1) is 12.4. The number of nitrogens with two attached hydrogens (primary N) is 2. The fraction of sp³-hybridized carbons (Fsp3) is 0.0588. The molecule has 0 amide bonds. The third-order valence-corrected chi connectivity index (χ3v) is 3.38. The lowest BCUT2D eigenvalue weighted by molar-refractivity contribution is 0.190. The molecular formula is C17H16N2O. The van der Waals surface area contributed by atoms with Gasteiger partial charge in [0.05, 0.1) is 11.4 Å². The van der Waals surface area contributed by atoms with E-state index in [2.05, 4.69) is 0 Å². The number of hydrogen-bond acceptors (Lipinski definition) is 3. The molecule has 2 aromatic carbocycles. The topological polar surface area (TPSA) is 61.3 Å². The van der Waals surface area contributed by atoms with Crippen LogP contribution < -0.4 is 11.5 Å². The molecule has 1 heterocycles. The van der Waals surface area contributed by atoms with Crippen LogP contribution in [0.1, 0.15) is 17.2 Å². The molecule has 1 unspecified atom stereocenters. The molecule has 0 spiro atoms. The van der Waals surface area contributed by atoms with Gasteiger partial charge in [-0.15, -0.1) is 0 Å². The summed E-state index contributed by atoms with van der Waals surface area (Å²) in [5.74, 6) is 0. The van der Waals surface area contributed by atoms with Crippen LogP contribution in [0, 0.1) is 0 Å². The maximum Gasteiger partial charge on any atom is 0.151 e. The third kappa shape index (κ3) is 2.14. The molecule has 0 radical (unpaired) electrons. The van der Waals surface area contributed by atoms with Crippen molar-refractivity contribution in [1.29, 1.82) is 0 Å². The van der Waals surface area contributed by atoms with E-state index < -0.39 is 0 Å². The van der Waals surface area contributed by atoms with Gasteiger partial charge < -0.3 is 16.2 Å². The summed E-state index contributed by atoms with van der Waals surface area (Å²) >= 11 is 0. The molecule has 4 N–H and O–H groups in total. The normalized spacial score (nSPS) is 18.4. The second-order valence-electron chi connectivity index (χ2n) is 4.69. The largest absolute Gasteiger partial charge is 0.486 e. The Bertz CT molecular complexity index is 660. The summed E-state index contributed by atoms with van der Waals surface area (Å²) in [6.07, 6.45) is 1.30. The summed E-state index contributed by atoms with van der Waals surface area (Å²) in [6, 6.07) is 20.0. The van der Waals surface area contributed by atoms with Crippen molar-refractivity contribution >= 4 is 5.57 Å². The molecule has 0 saturated carbocycles. The lowest BCUT2D eigenvalue weighted by atomic mass is 9.91. The highest BCUT2D eigenvalue weighted by Crippen LogP contribution is 2.38. The molecule has 3 rings (SSSR count). The summed E-state index contributed by atoms with van der Waals surface area (Å²) in [5.41, 5.74) is 16.1. The predicted molar refractivity (Wildman–Crippen MR) is 80.1 cm³/mol. The average Bonchev–Trinajstić information content (AvgIpc) is 2.51. The lowest BCUT2D eigenvalue weighted by Crippen LogP contribution is -2.20. The second-order valence-corrected chi connectivity index (χ2v) is 4.69. The Morgan fingerprint density at radius 1 is 0.800 bits per heavy atom. The smallest absolute Gasteiger partial charge is 0.151 e. The van der Waals surface area contributed by atoms with Crippen LogP contribution in [0.25, 0.3) is 5.57 Å². The maximum absolute atomic E-state index is 6.19. The number of rotatable bonds is 2. The number of benzene rings is 2. The van der Waals surface area contributed by atoms with E-state index in [9.17, 15) is 0 Å². The summed E-state index contributed by atoms with van der Waals surface area (Å²) in [4.78, 5) is 0. The molecule has 0 aromatic heterocycles. The van der Waals surface area contributed by atoms with Crippen LogP contribution in [-0.4, -0.2) is 0 Å². The Morgan fingerprint density at radius 2 is 1.40 bits per heavy atom. The predicted octanol–water partition coefficient (Wildman–Crippen LogP) is 2.93. The van der Waals surface area contributed by atoms with E-state index in [0.29, 0.717) is 11.4 Å². The van der Waals surface area contributed by atoms with Gasteiger partial charge in [-0.3, -0.25) is 0 Å². The van der Waals surface area contributed by atoms with Gasteiger partial charge in [-0.05, 0) is 11.1 Å². The van der Waals surface area contributed by atoms with E-state index >= 15 is 0 Å². The van der Waals surface area contributed by atoms with E-state index in [1.54, 1.807) is 0 Å². The van der Waals surface area contributed by atoms with Crippen LogP contribution in [0.3, 0.4) is 0 Å². The molecule has 1 atom stereocenters. The molecule has 1 aliphatic heterocycles. The van der Waals surface area contributed by atoms with Gasteiger partial charge in [0.25, 0.3) is 0 Å². The van der Waals surface area contributed by atoms with E-state index in [1.807, 2.05) is 60.7 Å². The van der Waals surface area contributed by atoms with Gasteiger partial charge >= 0.3 is 0 Å². The number of hydrogen-bond donors (Lipinski definition) is 2. The molecule has 2 aromatic rings. The molecule has 20 heavy (non-hydrogen) atoms. The van der Waals surface area contributed by atoms with Crippen molar-refractivity contribution in [3.63, 3.8) is 0 Å². The standard InChI is InChI=1S/C17H16N2O/c18-14-11-20-17(13-9-5-2-6-10-13)15(16(14)19)12-7-3-1-4-8-12/h1-11,17H,18-19H2. The van der Waals surface area contributed by atoms with Gasteiger partial charge in [-0.1, -0.05) is 60.7 Å². The van der Waals surface area contributed by atoms with Crippen molar-refractivity contribution in [2.24, 2.45) is 11.5 Å². The minimum atomic E-state index is -0.231. The van der Waals surface area contributed by atoms with Crippen LogP contribution in [0.5, 0.6) is 0 Å². The van der Waals surface area contributed by atoms with Crippen LogP contribution >= 0.6 is 0 Å². The summed E-state index contributed by atoms with van der Waals surface area (Å²) in [5, 5.41) is 0. The Balaban J connectivity index is 2.13. The molecule has 0 aliphatic carbocycles. The molecule has 1 aliphatic rings. The van der Waals surface area contributed by atoms with Crippen molar-refractivity contribution < 1.29 is 4.74 Å². The molecule has 0 bridgehead atoms. The van der Waals surface area contributed by atoms with Crippen molar-refractivity contribution in [3.05, 3.63) is 89.4 Å². The first-order chi connectivity index (χ1) is 9.77. The van der Waals surface area contributed by atoms with Crippen LogP contribution in [-0.2, 0) is 4.74 Å². The Kier molecular flexibility index (Phi) is 3.17. The Morgan fingerprint density at radius 3 is 2.05 bits per heavy atom. The van der Waals surface area contributed by atoms with Crippen molar-refractivity contribution in [1.82, 2.24) is 0 Å². The molecule has 100 valence electrons. The van der Waals surface area contributed by atoms with E-state index in [0.717, 1.165) is 16.7 Å². The summed E-state index contributed by atoms with van der Waals surface area (Å²) in [6.45, 7) is 0. The summed E-state index contributed by atoms with van der Waals surface area (Å²) in [7, 11) is 0. The minimum absolute atomic E-state index is 0.231. The third-order valence-electron chi connectivity index (χ3n) is 3.38. The van der Waals surface area contributed by atoms with Gasteiger partial charge in [0.1, 0.15) is 6.26 Å². The van der Waals surface area contributed by atoms with Gasteiger partial charge in [0.2, 0.25) is 0 Å². The highest BCUT2D eigenvalue weighted by Gasteiger charge is 2.26. The zero-order valence-corrected chi connectivity index (χ0v) is 11.0. The quantitative estimate of drug-likeness (QED) is 0.876. The average molecular weight is 264 g/mol. The fourth-order valence-electron chi connectivity index (χ4n) is 2.37. The molecule has 0 saturated heterocycles. The molecular weight excluding hydrogens is 248 g/mol. The van der Waals surface area contributed by atoms with Crippen LogP contribution in [0.2, 0.25) is 0 Å². The SMILES string of the molecule is NC1=COC(c2ccccc2)C(c2ccccc2)=C1N. The highest BCUT2D eigenvalue weighted by atomic mass is 16.5. The van der Waals surface area contributed by atoms with Gasteiger partial charge in [0.15, 0.2) is 6.10 Å². The van der Waals surface area contributed by atoms with Gasteiger partial charge in [0, 0.05) is 5.57 Å². The summed E-state index contributed by atoms with van der Waals surface area (Å²) < 4.78 is 5.79. The van der Waals surface area contributed by atoms with Gasteiger partial charge in [-0.2, -0.15) is 0 Å². The van der Waals surface area contributed by atoms with Crippen molar-refractivity contribution in [2.45, 2.75) is 6.10 Å². The van der Waals surface area contributed by atoms with E-state index in [4.69, 9.17) is 16.2 Å². The van der Waals surface area contributed by atoms with Crippen molar-refractivity contribution in [3.8, 4) is 0 Å². The lowest BCUT2D eigenvalue weighted by Gasteiger charge is -2.27. The Labute approximate surface area is 118 Å². The minimum Gasteiger partial charge on any atom is -0.486 e. The van der Waals surface area contributed by atoms with Crippen LogP contribution in [0.15, 0.2) is 78.3 Å². The van der Waals surface area contributed by atoms with Crippen LogP contribution in [0.4, 0.5) is 0 Å². The molecule has 3 nitrogen and oxygen atoms in total. The zero-order valence-electron chi connectivity index (χ0n) is 11.0. The van der Waals surface area contributed by atoms with E-state index in [-0.39, 0.29) is 6.10 Å². The van der Waals surface area contributed by atoms with Crippen molar-refractivity contribution in [2.75, 3.05) is 0 Å². The second kappa shape index (κ2) is 5.13. The number of ether oxygens (including phenoxy) is 1. The maximum atomic E-state index is 6.19. The first-order valence-electron chi connectivity index (χ1n) is 6.49.